The van der Waals surface area contributed by atoms with Crippen molar-refractivity contribution in [2.24, 2.45) is 0 Å². The Hall–Kier alpha value is -3.01. The number of carbonyl (C=O) groups is 1. The molecule has 172 valence electrons. The number of nitrogens with zero attached hydrogens (tertiary/aromatic N) is 3. The van der Waals surface area contributed by atoms with E-state index in [1.807, 2.05) is 61.5 Å². The normalized spacial score (nSPS) is 15.1. The summed E-state index contributed by atoms with van der Waals surface area (Å²) >= 11 is 1.41. The van der Waals surface area contributed by atoms with E-state index in [1.165, 1.54) is 21.1 Å². The lowest BCUT2D eigenvalue weighted by atomic mass is 10.2. The van der Waals surface area contributed by atoms with Gasteiger partial charge in [-0.1, -0.05) is 30.3 Å². The van der Waals surface area contributed by atoms with E-state index in [1.54, 1.807) is 16.4 Å². The van der Waals surface area contributed by atoms with Crippen LogP contribution in [0.2, 0.25) is 0 Å². The SMILES string of the molecule is CCOc1ccc(-c2nc(C(=O)N3CCN(S(=O)(=O)/C=C/c4ccccc4)CC3)cs2)cc1. The second-order valence-electron chi connectivity index (χ2n) is 7.44. The third kappa shape index (κ3) is 5.68. The van der Waals surface area contributed by atoms with E-state index in [0.29, 0.717) is 25.4 Å². The summed E-state index contributed by atoms with van der Waals surface area (Å²) in [7, 11) is -3.54. The number of hydrogen-bond acceptors (Lipinski definition) is 6. The second-order valence-corrected chi connectivity index (χ2v) is 10.1. The van der Waals surface area contributed by atoms with Crippen molar-refractivity contribution in [3.05, 3.63) is 76.6 Å². The van der Waals surface area contributed by atoms with E-state index in [0.717, 1.165) is 21.9 Å². The fourth-order valence-corrected chi connectivity index (χ4v) is 5.46. The van der Waals surface area contributed by atoms with Gasteiger partial charge < -0.3 is 9.64 Å². The van der Waals surface area contributed by atoms with Gasteiger partial charge in [-0.25, -0.2) is 13.4 Å². The van der Waals surface area contributed by atoms with Crippen LogP contribution in [0.5, 0.6) is 5.75 Å². The van der Waals surface area contributed by atoms with Crippen LogP contribution >= 0.6 is 11.3 Å². The highest BCUT2D eigenvalue weighted by molar-refractivity contribution is 7.92. The maximum Gasteiger partial charge on any atom is 0.273 e. The molecule has 0 spiro atoms. The number of aromatic nitrogens is 1. The van der Waals surface area contributed by atoms with Crippen LogP contribution in [0.15, 0.2) is 65.4 Å². The van der Waals surface area contributed by atoms with Crippen molar-refractivity contribution >= 4 is 33.3 Å². The standard InChI is InChI=1S/C24H25N3O4S2/c1-2-31-21-10-8-20(9-11-21)23-25-22(18-32-23)24(28)26-13-15-27(16-14-26)33(29,30)17-12-19-6-4-3-5-7-19/h3-12,17-18H,2,13-16H2,1H3/b17-12+. The molecule has 1 fully saturated rings. The third-order valence-electron chi connectivity index (χ3n) is 5.25. The highest BCUT2D eigenvalue weighted by atomic mass is 32.2. The lowest BCUT2D eigenvalue weighted by molar-refractivity contribution is 0.0693. The molecular weight excluding hydrogens is 458 g/mol. The Labute approximate surface area is 198 Å². The molecule has 4 rings (SSSR count). The number of sulfonamides is 1. The van der Waals surface area contributed by atoms with E-state index < -0.39 is 10.0 Å². The van der Waals surface area contributed by atoms with Gasteiger partial charge in [0.1, 0.15) is 16.5 Å². The Balaban J connectivity index is 1.36. The molecule has 7 nitrogen and oxygen atoms in total. The number of hydrogen-bond donors (Lipinski definition) is 0. The van der Waals surface area contributed by atoms with Gasteiger partial charge in [-0.3, -0.25) is 4.79 Å². The third-order valence-corrected chi connectivity index (χ3v) is 7.71. The van der Waals surface area contributed by atoms with Gasteiger partial charge in [0.05, 0.1) is 6.61 Å². The summed E-state index contributed by atoms with van der Waals surface area (Å²) in [6.45, 7) is 3.70. The van der Waals surface area contributed by atoms with E-state index in [9.17, 15) is 13.2 Å². The molecule has 0 N–H and O–H groups in total. The molecule has 1 aliphatic heterocycles. The number of thiazole rings is 1. The van der Waals surface area contributed by atoms with Gasteiger partial charge >= 0.3 is 0 Å². The Morgan fingerprint density at radius 3 is 2.42 bits per heavy atom. The van der Waals surface area contributed by atoms with Gasteiger partial charge in [0.25, 0.3) is 5.91 Å². The fraction of sp³-hybridized carbons (Fsp3) is 0.250. The molecule has 9 heteroatoms. The van der Waals surface area contributed by atoms with Crippen LogP contribution < -0.4 is 4.74 Å². The molecule has 0 aliphatic carbocycles. The maximum absolute atomic E-state index is 12.9. The first kappa shape index (κ1) is 23.2. The van der Waals surface area contributed by atoms with Crippen LogP contribution in [-0.2, 0) is 10.0 Å². The fourth-order valence-electron chi connectivity index (χ4n) is 3.49. The Bertz CT molecular complexity index is 1210. The van der Waals surface area contributed by atoms with Crippen molar-refractivity contribution in [2.75, 3.05) is 32.8 Å². The minimum Gasteiger partial charge on any atom is -0.494 e. The van der Waals surface area contributed by atoms with Crippen molar-refractivity contribution in [2.45, 2.75) is 6.92 Å². The minimum atomic E-state index is -3.54. The average Bonchev–Trinajstić information content (AvgIpc) is 3.34. The lowest BCUT2D eigenvalue weighted by Gasteiger charge is -2.33. The number of amides is 1. The van der Waals surface area contributed by atoms with E-state index in [-0.39, 0.29) is 19.0 Å². The molecular formula is C24H25N3O4S2. The van der Waals surface area contributed by atoms with Crippen LogP contribution in [-0.4, -0.2) is 61.3 Å². The van der Waals surface area contributed by atoms with Crippen molar-refractivity contribution < 1.29 is 17.9 Å². The summed E-state index contributed by atoms with van der Waals surface area (Å²) in [6.07, 6.45) is 1.59. The number of piperazine rings is 1. The molecule has 0 unspecified atom stereocenters. The van der Waals surface area contributed by atoms with E-state index >= 15 is 0 Å². The van der Waals surface area contributed by atoms with Gasteiger partial charge in [-0.05, 0) is 42.8 Å². The topological polar surface area (TPSA) is 79.8 Å². The van der Waals surface area contributed by atoms with Gasteiger partial charge in [0, 0.05) is 42.5 Å². The largest absolute Gasteiger partial charge is 0.494 e. The molecule has 1 saturated heterocycles. The number of benzene rings is 2. The number of rotatable bonds is 7. The molecule has 0 radical (unpaired) electrons. The summed E-state index contributed by atoms with van der Waals surface area (Å²) in [5.41, 5.74) is 2.12. The summed E-state index contributed by atoms with van der Waals surface area (Å²) in [4.78, 5) is 19.1. The Morgan fingerprint density at radius 2 is 1.76 bits per heavy atom. The first-order chi connectivity index (χ1) is 16.0. The number of carbonyl (C=O) groups excluding carboxylic acids is 1. The van der Waals surface area contributed by atoms with E-state index in [2.05, 4.69) is 4.98 Å². The summed E-state index contributed by atoms with van der Waals surface area (Å²) < 4.78 is 32.2. The lowest BCUT2D eigenvalue weighted by Crippen LogP contribution is -2.50. The van der Waals surface area contributed by atoms with Gasteiger partial charge in [0.15, 0.2) is 0 Å². The molecule has 0 bridgehead atoms. The highest BCUT2D eigenvalue weighted by Crippen LogP contribution is 2.26. The minimum absolute atomic E-state index is 0.180. The summed E-state index contributed by atoms with van der Waals surface area (Å²) in [5.74, 6) is 0.612. The molecule has 0 saturated carbocycles. The highest BCUT2D eigenvalue weighted by Gasteiger charge is 2.28. The smallest absolute Gasteiger partial charge is 0.273 e. The van der Waals surface area contributed by atoms with Crippen molar-refractivity contribution in [1.82, 2.24) is 14.2 Å². The maximum atomic E-state index is 12.9. The van der Waals surface area contributed by atoms with E-state index in [4.69, 9.17) is 4.74 Å². The number of ether oxygens (including phenoxy) is 1. The predicted octanol–water partition coefficient (Wildman–Crippen LogP) is 3.97. The molecule has 2 heterocycles. The van der Waals surface area contributed by atoms with Crippen LogP contribution in [0.1, 0.15) is 23.0 Å². The molecule has 2 aromatic carbocycles. The molecule has 1 aromatic heterocycles. The molecule has 1 aliphatic rings. The van der Waals surface area contributed by atoms with Crippen LogP contribution in [0, 0.1) is 0 Å². The predicted molar refractivity (Wildman–Crippen MR) is 131 cm³/mol. The van der Waals surface area contributed by atoms with Gasteiger partial charge in [0.2, 0.25) is 10.0 Å². The summed E-state index contributed by atoms with van der Waals surface area (Å²) in [5, 5.41) is 3.73. The Morgan fingerprint density at radius 1 is 1.06 bits per heavy atom. The van der Waals surface area contributed by atoms with Gasteiger partial charge in [-0.2, -0.15) is 4.31 Å². The molecule has 33 heavy (non-hydrogen) atoms. The Kier molecular flexibility index (Phi) is 7.22. The first-order valence-electron chi connectivity index (χ1n) is 10.7. The zero-order valence-electron chi connectivity index (χ0n) is 18.3. The van der Waals surface area contributed by atoms with Crippen LogP contribution in [0.25, 0.3) is 16.6 Å². The monoisotopic (exact) mass is 483 g/mol. The zero-order chi connectivity index (χ0) is 23.3. The zero-order valence-corrected chi connectivity index (χ0v) is 19.9. The summed E-state index contributed by atoms with van der Waals surface area (Å²) in [6, 6.07) is 16.9. The van der Waals surface area contributed by atoms with Crippen molar-refractivity contribution in [3.63, 3.8) is 0 Å². The first-order valence-corrected chi connectivity index (χ1v) is 13.1. The van der Waals surface area contributed by atoms with Crippen molar-refractivity contribution in [3.8, 4) is 16.3 Å². The van der Waals surface area contributed by atoms with Crippen molar-refractivity contribution in [1.29, 1.82) is 0 Å². The van der Waals surface area contributed by atoms with Gasteiger partial charge in [-0.15, -0.1) is 11.3 Å². The molecule has 1 amide bonds. The second kappa shape index (κ2) is 10.3. The molecule has 0 atom stereocenters. The quantitative estimate of drug-likeness (QED) is 0.508. The van der Waals surface area contributed by atoms with Crippen LogP contribution in [0.4, 0.5) is 0 Å². The average molecular weight is 484 g/mol. The van der Waals surface area contributed by atoms with Crippen LogP contribution in [0.3, 0.4) is 0 Å². The molecule has 3 aromatic rings.